The number of likely N-dealkylation sites (N-methyl/N-ethyl adjacent to an activating group) is 1. The average Bonchev–Trinajstić information content (AvgIpc) is 3.28. The topological polar surface area (TPSA) is 101 Å². The van der Waals surface area contributed by atoms with Crippen molar-refractivity contribution in [1.82, 2.24) is 9.29 Å². The van der Waals surface area contributed by atoms with Gasteiger partial charge < -0.3 is 10.1 Å². The first-order valence-corrected chi connectivity index (χ1v) is 11.9. The van der Waals surface area contributed by atoms with Gasteiger partial charge in [-0.2, -0.15) is 8.42 Å². The minimum Gasteiger partial charge on any atom is -0.497 e. The number of allylic oxidation sites excluding steroid dienone is 1. The third-order valence-corrected chi connectivity index (χ3v) is 7.36. The van der Waals surface area contributed by atoms with E-state index in [2.05, 4.69) is 14.7 Å². The smallest absolute Gasteiger partial charge is 0.345 e. The molecule has 1 aliphatic rings. The van der Waals surface area contributed by atoms with Crippen LogP contribution in [0.15, 0.2) is 64.8 Å². The highest BCUT2D eigenvalue weighted by Crippen LogP contribution is 2.30. The Morgan fingerprint density at radius 2 is 1.94 bits per heavy atom. The summed E-state index contributed by atoms with van der Waals surface area (Å²) in [5.74, 6) is -0.671. The number of benzene rings is 2. The molecule has 2 aromatic carbocycles. The van der Waals surface area contributed by atoms with Crippen LogP contribution in [0.5, 0.6) is 5.75 Å². The van der Waals surface area contributed by atoms with Crippen LogP contribution in [-0.2, 0) is 15.0 Å². The molecule has 12 heteroatoms. The molecule has 0 spiro atoms. The van der Waals surface area contributed by atoms with Crippen molar-refractivity contribution in [3.8, 4) is 16.2 Å². The maximum atomic E-state index is 13.4. The summed E-state index contributed by atoms with van der Waals surface area (Å²) in [5.41, 5.74) is 0.922. The van der Waals surface area contributed by atoms with Crippen molar-refractivity contribution in [2.75, 3.05) is 19.5 Å². The minimum atomic E-state index is -4.17. The quantitative estimate of drug-likeness (QED) is 0.561. The third kappa shape index (κ3) is 4.75. The van der Waals surface area contributed by atoms with E-state index >= 15 is 0 Å². The summed E-state index contributed by atoms with van der Waals surface area (Å²) in [7, 11) is -1.38. The van der Waals surface area contributed by atoms with Gasteiger partial charge in [0.1, 0.15) is 28.0 Å². The van der Waals surface area contributed by atoms with Gasteiger partial charge in [-0.3, -0.25) is 4.79 Å². The van der Waals surface area contributed by atoms with Gasteiger partial charge in [-0.1, -0.05) is 11.6 Å². The lowest BCUT2D eigenvalue weighted by molar-refractivity contribution is -0.113. The Morgan fingerprint density at radius 1 is 1.21 bits per heavy atom. The molecule has 33 heavy (non-hydrogen) atoms. The molecule has 1 N–H and O–H groups in total. The molecule has 4 rings (SSSR count). The fraction of sp³-hybridized carbons (Fsp3) is 0.0952. The molecule has 0 fully saturated rings. The van der Waals surface area contributed by atoms with Crippen LogP contribution >= 0.6 is 22.9 Å². The standard InChI is InChI=1S/C21H16ClFN4O4S2/c1-27-18(20(28)25-13-5-8-16(23)15(22)9-13)10-17(26-33(27,29)30)21-24-11-19(32-21)12-3-6-14(31-2)7-4-12/h3-11H,1-2H3,(H,25,28). The van der Waals surface area contributed by atoms with Gasteiger partial charge >= 0.3 is 10.2 Å². The molecule has 1 aliphatic heterocycles. The van der Waals surface area contributed by atoms with E-state index in [9.17, 15) is 17.6 Å². The largest absolute Gasteiger partial charge is 0.497 e. The monoisotopic (exact) mass is 506 g/mol. The second-order valence-electron chi connectivity index (χ2n) is 6.79. The van der Waals surface area contributed by atoms with E-state index < -0.39 is 21.9 Å². The van der Waals surface area contributed by atoms with Crippen LogP contribution in [-0.4, -0.2) is 43.5 Å². The van der Waals surface area contributed by atoms with Gasteiger partial charge in [-0.15, -0.1) is 15.7 Å². The molecule has 0 saturated carbocycles. The summed E-state index contributed by atoms with van der Waals surface area (Å²) >= 11 is 6.98. The van der Waals surface area contributed by atoms with Crippen molar-refractivity contribution in [3.05, 3.63) is 76.3 Å². The number of methoxy groups -OCH3 is 1. The fourth-order valence-corrected chi connectivity index (χ4v) is 4.93. The molecule has 1 aromatic heterocycles. The van der Waals surface area contributed by atoms with Gasteiger partial charge in [0.2, 0.25) is 0 Å². The van der Waals surface area contributed by atoms with Gasteiger partial charge in [-0.05, 0) is 54.1 Å². The zero-order valence-corrected chi connectivity index (χ0v) is 19.6. The first-order valence-electron chi connectivity index (χ1n) is 9.35. The van der Waals surface area contributed by atoms with Crippen molar-refractivity contribution in [2.24, 2.45) is 4.40 Å². The van der Waals surface area contributed by atoms with Crippen molar-refractivity contribution in [2.45, 2.75) is 0 Å². The van der Waals surface area contributed by atoms with Gasteiger partial charge in [-0.25, -0.2) is 13.7 Å². The number of amides is 1. The van der Waals surface area contributed by atoms with E-state index in [1.807, 2.05) is 12.1 Å². The number of carbonyl (C=O) groups excluding carboxylic acids is 1. The Morgan fingerprint density at radius 3 is 2.61 bits per heavy atom. The predicted octanol–water partition coefficient (Wildman–Crippen LogP) is 4.11. The Labute approximate surface area is 198 Å². The lowest BCUT2D eigenvalue weighted by atomic mass is 10.2. The minimum absolute atomic E-state index is 0.0279. The second kappa shape index (κ2) is 8.93. The number of hydrogen-bond donors (Lipinski definition) is 1. The van der Waals surface area contributed by atoms with Gasteiger partial charge in [0.25, 0.3) is 5.91 Å². The number of halogens is 2. The molecular weight excluding hydrogens is 491 g/mol. The van der Waals surface area contributed by atoms with Crippen molar-refractivity contribution >= 4 is 50.5 Å². The van der Waals surface area contributed by atoms with Crippen molar-refractivity contribution in [3.63, 3.8) is 0 Å². The fourth-order valence-electron chi connectivity index (χ4n) is 2.92. The van der Waals surface area contributed by atoms with E-state index in [1.54, 1.807) is 25.4 Å². The summed E-state index contributed by atoms with van der Waals surface area (Å²) in [6.45, 7) is 0. The summed E-state index contributed by atoms with van der Waals surface area (Å²) in [4.78, 5) is 17.9. The highest BCUT2D eigenvalue weighted by molar-refractivity contribution is 7.88. The van der Waals surface area contributed by atoms with E-state index in [1.165, 1.54) is 36.6 Å². The van der Waals surface area contributed by atoms with E-state index in [0.29, 0.717) is 10.8 Å². The van der Waals surface area contributed by atoms with Gasteiger partial charge in [0.15, 0.2) is 0 Å². The molecule has 1 amide bonds. The summed E-state index contributed by atoms with van der Waals surface area (Å²) < 4.78 is 48.3. The number of aromatic nitrogens is 1. The van der Waals surface area contributed by atoms with E-state index in [-0.39, 0.29) is 22.1 Å². The van der Waals surface area contributed by atoms with Crippen molar-refractivity contribution < 1.29 is 22.3 Å². The van der Waals surface area contributed by atoms with Gasteiger partial charge in [0, 0.05) is 18.9 Å². The maximum Gasteiger partial charge on any atom is 0.345 e. The van der Waals surface area contributed by atoms with Crippen LogP contribution in [0.4, 0.5) is 10.1 Å². The Hall–Kier alpha value is -3.28. The number of rotatable bonds is 5. The Bertz CT molecular complexity index is 1400. The highest BCUT2D eigenvalue weighted by atomic mass is 35.5. The average molecular weight is 507 g/mol. The molecular formula is C21H16ClFN4O4S2. The molecule has 8 nitrogen and oxygen atoms in total. The van der Waals surface area contributed by atoms with Crippen LogP contribution in [0.2, 0.25) is 5.02 Å². The van der Waals surface area contributed by atoms with Crippen molar-refractivity contribution in [1.29, 1.82) is 0 Å². The number of hydrogen-bond acceptors (Lipinski definition) is 6. The SMILES string of the molecule is COc1ccc(-c2cnc(C3=NS(=O)(=O)N(C)C(C(=O)Nc4ccc(F)c(Cl)c4)=C3)s2)cc1. The molecule has 0 bridgehead atoms. The first-order chi connectivity index (χ1) is 15.7. The van der Waals surface area contributed by atoms with Crippen LogP contribution in [0.3, 0.4) is 0 Å². The summed E-state index contributed by atoms with van der Waals surface area (Å²) in [6.07, 6.45) is 2.93. The lowest BCUT2D eigenvalue weighted by Crippen LogP contribution is -2.35. The third-order valence-electron chi connectivity index (χ3n) is 4.68. The van der Waals surface area contributed by atoms with Crippen LogP contribution in [0.1, 0.15) is 5.01 Å². The summed E-state index contributed by atoms with van der Waals surface area (Å²) in [6, 6.07) is 10.9. The highest BCUT2D eigenvalue weighted by Gasteiger charge is 2.31. The molecule has 2 heterocycles. The first kappa shape index (κ1) is 22.9. The normalized spacial score (nSPS) is 15.0. The zero-order valence-electron chi connectivity index (χ0n) is 17.2. The van der Waals surface area contributed by atoms with Crippen LogP contribution in [0.25, 0.3) is 10.4 Å². The van der Waals surface area contributed by atoms with Crippen LogP contribution in [0, 0.1) is 5.82 Å². The Balaban J connectivity index is 1.64. The van der Waals surface area contributed by atoms with E-state index in [4.69, 9.17) is 16.3 Å². The van der Waals surface area contributed by atoms with Gasteiger partial charge in [0.05, 0.1) is 17.0 Å². The Kier molecular flexibility index (Phi) is 6.19. The predicted molar refractivity (Wildman–Crippen MR) is 125 cm³/mol. The number of carbonyl (C=O) groups is 1. The zero-order chi connectivity index (χ0) is 23.8. The second-order valence-corrected chi connectivity index (χ2v) is 9.86. The lowest BCUT2D eigenvalue weighted by Gasteiger charge is -2.23. The molecule has 0 saturated heterocycles. The molecule has 0 unspecified atom stereocenters. The molecule has 0 aliphatic carbocycles. The van der Waals surface area contributed by atoms with Crippen LogP contribution < -0.4 is 10.1 Å². The molecule has 0 atom stereocenters. The van der Waals surface area contributed by atoms with E-state index in [0.717, 1.165) is 20.8 Å². The number of anilines is 1. The molecule has 3 aromatic rings. The number of nitrogens with zero attached hydrogens (tertiary/aromatic N) is 3. The number of ether oxygens (including phenoxy) is 1. The number of nitrogens with one attached hydrogen (secondary N) is 1. The molecule has 0 radical (unpaired) electrons. The number of thiazole rings is 1. The summed E-state index contributed by atoms with van der Waals surface area (Å²) in [5, 5.41) is 2.66. The maximum absolute atomic E-state index is 13.4. The molecule has 170 valence electrons.